The monoisotopic (exact) mass is 392 g/mol. The summed E-state index contributed by atoms with van der Waals surface area (Å²) in [5, 5.41) is 10.8. The highest BCUT2D eigenvalue weighted by Crippen LogP contribution is 2.46. The number of benzene rings is 1. The molecule has 27 heavy (non-hydrogen) atoms. The Morgan fingerprint density at radius 1 is 1.22 bits per heavy atom. The summed E-state index contributed by atoms with van der Waals surface area (Å²) in [7, 11) is 4.64. The number of carbonyl (C=O) groups is 1. The Morgan fingerprint density at radius 3 is 2.37 bits per heavy atom. The molecule has 7 nitrogen and oxygen atoms in total. The zero-order chi connectivity index (χ0) is 19.7. The second kappa shape index (κ2) is 7.72. The van der Waals surface area contributed by atoms with Crippen molar-refractivity contribution in [3.05, 3.63) is 29.0 Å². The van der Waals surface area contributed by atoms with E-state index in [0.29, 0.717) is 22.9 Å². The fraction of sp³-hybridized carbons (Fsp3) is 0.474. The third kappa shape index (κ3) is 3.34. The van der Waals surface area contributed by atoms with Gasteiger partial charge in [0.15, 0.2) is 16.7 Å². The molecule has 1 fully saturated rings. The van der Waals surface area contributed by atoms with Crippen LogP contribution in [0.1, 0.15) is 31.9 Å². The van der Waals surface area contributed by atoms with Crippen molar-refractivity contribution < 1.29 is 24.1 Å². The number of aliphatic imine (C=N–C) groups is 1. The molecule has 1 N–H and O–H groups in total. The molecule has 146 valence electrons. The number of nitrogens with zero attached hydrogens (tertiary/aromatic N) is 2. The molecular weight excluding hydrogens is 368 g/mol. The van der Waals surface area contributed by atoms with E-state index in [0.717, 1.165) is 22.9 Å². The Kier molecular flexibility index (Phi) is 5.55. The van der Waals surface area contributed by atoms with Crippen molar-refractivity contribution in [3.63, 3.8) is 0 Å². The smallest absolute Gasteiger partial charge is 0.335 e. The van der Waals surface area contributed by atoms with Gasteiger partial charge in [0.1, 0.15) is 0 Å². The molecule has 0 aliphatic carbocycles. The van der Waals surface area contributed by atoms with Gasteiger partial charge in [-0.2, -0.15) is 0 Å². The maximum Gasteiger partial charge on any atom is 0.335 e. The highest BCUT2D eigenvalue weighted by molar-refractivity contribution is 8.13. The van der Waals surface area contributed by atoms with Gasteiger partial charge in [0.2, 0.25) is 5.75 Å². The van der Waals surface area contributed by atoms with Crippen molar-refractivity contribution >= 4 is 22.9 Å². The molecule has 0 amide bonds. The maximum atomic E-state index is 12.1. The molecule has 1 aromatic rings. The van der Waals surface area contributed by atoms with Gasteiger partial charge in [-0.3, -0.25) is 0 Å². The minimum atomic E-state index is -0.975. The lowest BCUT2D eigenvalue weighted by Crippen LogP contribution is -2.47. The third-order valence-corrected chi connectivity index (χ3v) is 5.90. The lowest BCUT2D eigenvalue weighted by atomic mass is 9.92. The van der Waals surface area contributed by atoms with Crippen LogP contribution in [0.2, 0.25) is 0 Å². The van der Waals surface area contributed by atoms with Crippen molar-refractivity contribution in [3.8, 4) is 17.2 Å². The lowest BCUT2D eigenvalue weighted by Gasteiger charge is -2.44. The van der Waals surface area contributed by atoms with Crippen LogP contribution < -0.4 is 14.2 Å². The average Bonchev–Trinajstić information content (AvgIpc) is 2.65. The van der Waals surface area contributed by atoms with E-state index in [1.54, 1.807) is 40.0 Å². The number of amidine groups is 1. The zero-order valence-electron chi connectivity index (χ0n) is 16.1. The van der Waals surface area contributed by atoms with Gasteiger partial charge < -0.3 is 24.2 Å². The van der Waals surface area contributed by atoms with Crippen molar-refractivity contribution in [2.75, 3.05) is 27.1 Å². The van der Waals surface area contributed by atoms with Gasteiger partial charge in [-0.25, -0.2) is 9.79 Å². The Balaban J connectivity index is 2.23. The summed E-state index contributed by atoms with van der Waals surface area (Å²) in [6, 6.07) is 3.32. The Morgan fingerprint density at radius 2 is 1.85 bits per heavy atom. The number of rotatable bonds is 5. The molecule has 0 radical (unpaired) electrons. The van der Waals surface area contributed by atoms with Gasteiger partial charge in [0.05, 0.1) is 38.6 Å². The molecule has 8 heteroatoms. The quantitative estimate of drug-likeness (QED) is 0.823. The zero-order valence-corrected chi connectivity index (χ0v) is 16.9. The van der Waals surface area contributed by atoms with Crippen LogP contribution in [0.15, 0.2) is 28.4 Å². The summed E-state index contributed by atoms with van der Waals surface area (Å²) < 4.78 is 16.4. The van der Waals surface area contributed by atoms with Crippen LogP contribution in [-0.4, -0.2) is 54.3 Å². The van der Waals surface area contributed by atoms with E-state index < -0.39 is 12.0 Å². The summed E-state index contributed by atoms with van der Waals surface area (Å²) in [5.41, 5.74) is 1.56. The molecule has 0 saturated carbocycles. The second-order valence-corrected chi connectivity index (χ2v) is 7.52. The summed E-state index contributed by atoms with van der Waals surface area (Å²) in [6.45, 7) is 3.85. The molecule has 2 aliphatic rings. The number of carboxylic acid groups (broad SMARTS) is 1. The van der Waals surface area contributed by atoms with Gasteiger partial charge in [-0.1, -0.05) is 11.8 Å². The first-order valence-electron chi connectivity index (χ1n) is 8.66. The number of hydrogen-bond acceptors (Lipinski definition) is 7. The molecule has 0 bridgehead atoms. The van der Waals surface area contributed by atoms with E-state index in [1.807, 2.05) is 12.1 Å². The first-order valence-corrected chi connectivity index (χ1v) is 9.65. The molecule has 0 aromatic heterocycles. The van der Waals surface area contributed by atoms with Crippen molar-refractivity contribution in [1.82, 2.24) is 4.90 Å². The predicted molar refractivity (Wildman–Crippen MR) is 105 cm³/mol. The molecule has 1 saturated heterocycles. The SMILES string of the molecule is COc1cc(C2C(C(=O)O)=C(C)N=C3SCCC(C)N32)cc(OC)c1OC. The van der Waals surface area contributed by atoms with Gasteiger partial charge >= 0.3 is 5.97 Å². The topological polar surface area (TPSA) is 80.6 Å². The van der Waals surface area contributed by atoms with Crippen LogP contribution >= 0.6 is 11.8 Å². The number of fused-ring (bicyclic) bond motifs is 1. The Hall–Kier alpha value is -2.35. The fourth-order valence-corrected chi connectivity index (χ4v) is 4.85. The van der Waals surface area contributed by atoms with Crippen LogP contribution in [0.25, 0.3) is 0 Å². The number of aliphatic carboxylic acids is 1. The number of methoxy groups -OCH3 is 3. The summed E-state index contributed by atoms with van der Waals surface area (Å²) in [5.74, 6) is 1.46. The molecule has 3 rings (SSSR count). The minimum Gasteiger partial charge on any atom is -0.493 e. The van der Waals surface area contributed by atoms with Crippen LogP contribution in [-0.2, 0) is 4.79 Å². The van der Waals surface area contributed by atoms with E-state index in [9.17, 15) is 9.90 Å². The summed E-state index contributed by atoms with van der Waals surface area (Å²) in [4.78, 5) is 18.8. The maximum absolute atomic E-state index is 12.1. The Bertz CT molecular complexity index is 795. The van der Waals surface area contributed by atoms with Crippen LogP contribution in [0.5, 0.6) is 17.2 Å². The first-order chi connectivity index (χ1) is 12.9. The number of ether oxygens (including phenoxy) is 3. The lowest BCUT2D eigenvalue weighted by molar-refractivity contribution is -0.133. The highest BCUT2D eigenvalue weighted by atomic mass is 32.2. The molecule has 1 aromatic carbocycles. The third-order valence-electron chi connectivity index (χ3n) is 4.90. The van der Waals surface area contributed by atoms with Crippen LogP contribution in [0.4, 0.5) is 0 Å². The second-order valence-electron chi connectivity index (χ2n) is 6.45. The number of allylic oxidation sites excluding steroid dienone is 1. The number of thioether (sulfide) groups is 1. The molecule has 2 aliphatic heterocycles. The van der Waals surface area contributed by atoms with Gasteiger partial charge in [-0.15, -0.1) is 0 Å². The summed E-state index contributed by atoms with van der Waals surface area (Å²) in [6.07, 6.45) is 0.955. The molecule has 0 spiro atoms. The molecular formula is C19H24N2O5S. The van der Waals surface area contributed by atoms with E-state index in [4.69, 9.17) is 14.2 Å². The minimum absolute atomic E-state index is 0.163. The van der Waals surface area contributed by atoms with Gasteiger partial charge in [0.25, 0.3) is 0 Å². The van der Waals surface area contributed by atoms with Crippen molar-refractivity contribution in [2.24, 2.45) is 4.99 Å². The number of carboxylic acids is 1. The molecule has 2 heterocycles. The summed E-state index contributed by atoms with van der Waals surface area (Å²) >= 11 is 1.66. The van der Waals surface area contributed by atoms with E-state index >= 15 is 0 Å². The standard InChI is InChI=1S/C19H24N2O5S/c1-10-6-7-27-19-20-11(2)15(18(22)23)16(21(10)19)12-8-13(24-3)17(26-5)14(9-12)25-4/h8-10,16H,6-7H2,1-5H3,(H,22,23). The van der Waals surface area contributed by atoms with Gasteiger partial charge in [-0.05, 0) is 38.0 Å². The molecule has 2 atom stereocenters. The van der Waals surface area contributed by atoms with Gasteiger partial charge in [0, 0.05) is 11.8 Å². The Labute approximate surface area is 163 Å². The average molecular weight is 392 g/mol. The van der Waals surface area contributed by atoms with Crippen LogP contribution in [0, 0.1) is 0 Å². The largest absolute Gasteiger partial charge is 0.493 e. The number of hydrogen-bond donors (Lipinski definition) is 1. The van der Waals surface area contributed by atoms with E-state index in [2.05, 4.69) is 16.8 Å². The first kappa shape index (κ1) is 19.4. The van der Waals surface area contributed by atoms with Crippen molar-refractivity contribution in [2.45, 2.75) is 32.4 Å². The fourth-order valence-electron chi connectivity index (χ4n) is 3.58. The van der Waals surface area contributed by atoms with Crippen LogP contribution in [0.3, 0.4) is 0 Å². The predicted octanol–water partition coefficient (Wildman–Crippen LogP) is 3.31. The van der Waals surface area contributed by atoms with E-state index in [-0.39, 0.29) is 11.6 Å². The normalized spacial score (nSPS) is 22.1. The van der Waals surface area contributed by atoms with E-state index in [1.165, 1.54) is 0 Å². The highest BCUT2D eigenvalue weighted by Gasteiger charge is 2.40. The van der Waals surface area contributed by atoms with Crippen molar-refractivity contribution in [1.29, 1.82) is 0 Å². The molecule has 2 unspecified atom stereocenters.